The van der Waals surface area contributed by atoms with Crippen LogP contribution >= 0.6 is 0 Å². The van der Waals surface area contributed by atoms with Gasteiger partial charge in [0.2, 0.25) is 5.95 Å². The normalized spacial score (nSPS) is 14.9. The minimum Gasteiger partial charge on any atom is -0.341 e. The number of aromatic nitrogens is 4. The lowest BCUT2D eigenvalue weighted by Crippen LogP contribution is -2.31. The van der Waals surface area contributed by atoms with Gasteiger partial charge >= 0.3 is 0 Å². The van der Waals surface area contributed by atoms with E-state index in [9.17, 15) is 0 Å². The Hall–Kier alpha value is -2.76. The molecule has 3 aromatic rings. The smallest absolute Gasteiger partial charge is 0.229 e. The molecule has 0 radical (unpaired) electrons. The van der Waals surface area contributed by atoms with Crippen LogP contribution in [0.1, 0.15) is 19.3 Å². The van der Waals surface area contributed by atoms with Crippen LogP contribution in [0.25, 0.3) is 11.2 Å². The first kappa shape index (κ1) is 13.9. The van der Waals surface area contributed by atoms with Gasteiger partial charge in [0.25, 0.3) is 0 Å². The fourth-order valence-corrected chi connectivity index (χ4v) is 2.83. The second kappa shape index (κ2) is 6.16. The van der Waals surface area contributed by atoms with Crippen molar-refractivity contribution >= 4 is 28.6 Å². The fraction of sp³-hybridized carbons (Fsp3) is 0.294. The number of nitrogens with zero attached hydrogens (tertiary/aromatic N) is 5. The largest absolute Gasteiger partial charge is 0.341 e. The number of piperidine rings is 1. The second-order valence-electron chi connectivity index (χ2n) is 5.64. The molecule has 0 saturated carbocycles. The van der Waals surface area contributed by atoms with Crippen LogP contribution in [0.4, 0.5) is 17.5 Å². The van der Waals surface area contributed by atoms with Crippen molar-refractivity contribution < 1.29 is 0 Å². The van der Waals surface area contributed by atoms with Crippen LogP contribution in [-0.2, 0) is 0 Å². The van der Waals surface area contributed by atoms with Crippen molar-refractivity contribution in [2.24, 2.45) is 0 Å². The zero-order valence-electron chi connectivity index (χ0n) is 12.8. The number of nitrogens with one attached hydrogen (secondary N) is 1. The summed E-state index contributed by atoms with van der Waals surface area (Å²) < 4.78 is 0. The van der Waals surface area contributed by atoms with Crippen molar-refractivity contribution in [3.8, 4) is 0 Å². The van der Waals surface area contributed by atoms with Crippen LogP contribution in [0, 0.1) is 0 Å². The molecule has 1 aromatic carbocycles. The van der Waals surface area contributed by atoms with Gasteiger partial charge in [-0.1, -0.05) is 18.2 Å². The summed E-state index contributed by atoms with van der Waals surface area (Å²) in [6, 6.07) is 9.98. The number of benzene rings is 1. The van der Waals surface area contributed by atoms with E-state index in [0.29, 0.717) is 17.0 Å². The lowest BCUT2D eigenvalue weighted by atomic mass is 10.1. The van der Waals surface area contributed by atoms with Crippen LogP contribution in [0.2, 0.25) is 0 Å². The number of anilines is 3. The van der Waals surface area contributed by atoms with E-state index in [1.54, 1.807) is 12.4 Å². The average molecular weight is 306 g/mol. The van der Waals surface area contributed by atoms with Crippen molar-refractivity contribution in [1.29, 1.82) is 0 Å². The van der Waals surface area contributed by atoms with Gasteiger partial charge in [0.05, 0.1) is 0 Å². The molecule has 4 rings (SSSR count). The van der Waals surface area contributed by atoms with Gasteiger partial charge in [-0.2, -0.15) is 9.97 Å². The van der Waals surface area contributed by atoms with Crippen LogP contribution in [0.15, 0.2) is 42.7 Å². The van der Waals surface area contributed by atoms with Gasteiger partial charge in [0.15, 0.2) is 17.0 Å². The highest BCUT2D eigenvalue weighted by molar-refractivity contribution is 5.85. The van der Waals surface area contributed by atoms with Crippen molar-refractivity contribution in [2.45, 2.75) is 19.3 Å². The number of rotatable bonds is 3. The first-order valence-electron chi connectivity index (χ1n) is 7.96. The minimum atomic E-state index is 0.626. The topological polar surface area (TPSA) is 66.8 Å². The predicted molar refractivity (Wildman–Crippen MR) is 90.9 cm³/mol. The van der Waals surface area contributed by atoms with E-state index in [2.05, 4.69) is 25.2 Å². The lowest BCUT2D eigenvalue weighted by Gasteiger charge is -2.27. The van der Waals surface area contributed by atoms with Gasteiger partial charge in [-0.15, -0.1) is 0 Å². The summed E-state index contributed by atoms with van der Waals surface area (Å²) in [4.78, 5) is 20.3. The number of fused-ring (bicyclic) bond motifs is 1. The van der Waals surface area contributed by atoms with Crippen molar-refractivity contribution in [1.82, 2.24) is 19.9 Å². The molecule has 1 aliphatic rings. The van der Waals surface area contributed by atoms with Crippen LogP contribution < -0.4 is 10.2 Å². The van der Waals surface area contributed by atoms with Crippen LogP contribution in [0.5, 0.6) is 0 Å². The Kier molecular flexibility index (Phi) is 3.71. The molecule has 1 N–H and O–H groups in total. The monoisotopic (exact) mass is 306 g/mol. The van der Waals surface area contributed by atoms with E-state index in [-0.39, 0.29) is 0 Å². The quantitative estimate of drug-likeness (QED) is 0.802. The summed E-state index contributed by atoms with van der Waals surface area (Å²) in [6.07, 6.45) is 6.98. The van der Waals surface area contributed by atoms with Crippen molar-refractivity contribution in [3.05, 3.63) is 42.7 Å². The standard InChI is InChI=1S/C17H18N6/c1-3-7-13(8-4-1)20-16-14-15(19-10-9-18-14)21-17(22-16)23-11-5-2-6-12-23/h1,3-4,7-10H,2,5-6,11-12H2,(H,19,20,21,22). The Labute approximate surface area is 134 Å². The molecule has 23 heavy (non-hydrogen) atoms. The van der Waals surface area contributed by atoms with Crippen molar-refractivity contribution in [3.63, 3.8) is 0 Å². The summed E-state index contributed by atoms with van der Waals surface area (Å²) in [7, 11) is 0. The van der Waals surface area contributed by atoms with Gasteiger partial charge in [-0.25, -0.2) is 9.97 Å². The van der Waals surface area contributed by atoms with E-state index in [1.807, 2.05) is 30.3 Å². The minimum absolute atomic E-state index is 0.626. The van der Waals surface area contributed by atoms with E-state index in [4.69, 9.17) is 4.98 Å². The average Bonchev–Trinajstić information content (AvgIpc) is 2.63. The molecular formula is C17H18N6. The molecule has 116 valence electrons. The van der Waals surface area contributed by atoms with Gasteiger partial charge in [0, 0.05) is 31.2 Å². The molecule has 0 unspecified atom stereocenters. The highest BCUT2D eigenvalue weighted by Crippen LogP contribution is 2.25. The van der Waals surface area contributed by atoms with Crippen LogP contribution in [-0.4, -0.2) is 33.0 Å². The maximum atomic E-state index is 4.72. The SMILES string of the molecule is c1ccc(Nc2nc(N3CCCCC3)nc3nccnc23)cc1. The third-order valence-electron chi connectivity index (χ3n) is 4.00. The molecule has 0 amide bonds. The maximum Gasteiger partial charge on any atom is 0.229 e. The van der Waals surface area contributed by atoms with Gasteiger partial charge in [0.1, 0.15) is 0 Å². The summed E-state index contributed by atoms with van der Waals surface area (Å²) >= 11 is 0. The molecule has 3 heterocycles. The molecule has 1 saturated heterocycles. The first-order valence-corrected chi connectivity index (χ1v) is 7.96. The Morgan fingerprint density at radius 2 is 1.65 bits per heavy atom. The van der Waals surface area contributed by atoms with Gasteiger partial charge in [-0.3, -0.25) is 0 Å². The maximum absolute atomic E-state index is 4.72. The molecule has 6 nitrogen and oxygen atoms in total. The Morgan fingerprint density at radius 3 is 2.48 bits per heavy atom. The summed E-state index contributed by atoms with van der Waals surface area (Å²) in [5.41, 5.74) is 2.29. The second-order valence-corrected chi connectivity index (χ2v) is 5.64. The molecule has 1 aliphatic heterocycles. The molecular weight excluding hydrogens is 288 g/mol. The molecule has 0 aliphatic carbocycles. The number of hydrogen-bond acceptors (Lipinski definition) is 6. The Bertz CT molecular complexity index is 799. The Balaban J connectivity index is 1.77. The molecule has 0 spiro atoms. The molecule has 6 heteroatoms. The Morgan fingerprint density at radius 1 is 0.870 bits per heavy atom. The predicted octanol–water partition coefficient (Wildman–Crippen LogP) is 3.15. The van der Waals surface area contributed by atoms with Gasteiger partial charge < -0.3 is 10.2 Å². The molecule has 0 atom stereocenters. The van der Waals surface area contributed by atoms with E-state index >= 15 is 0 Å². The third kappa shape index (κ3) is 2.92. The number of hydrogen-bond donors (Lipinski definition) is 1. The fourth-order valence-electron chi connectivity index (χ4n) is 2.83. The van der Waals surface area contributed by atoms with Crippen molar-refractivity contribution in [2.75, 3.05) is 23.3 Å². The summed E-state index contributed by atoms with van der Waals surface area (Å²) in [6.45, 7) is 1.99. The lowest BCUT2D eigenvalue weighted by molar-refractivity contribution is 0.569. The first-order chi connectivity index (χ1) is 11.4. The van der Waals surface area contributed by atoms with E-state index in [0.717, 1.165) is 24.7 Å². The third-order valence-corrected chi connectivity index (χ3v) is 4.00. The highest BCUT2D eigenvalue weighted by Gasteiger charge is 2.17. The zero-order valence-corrected chi connectivity index (χ0v) is 12.8. The zero-order chi connectivity index (χ0) is 15.5. The highest BCUT2D eigenvalue weighted by atomic mass is 15.3. The van der Waals surface area contributed by atoms with Crippen LogP contribution in [0.3, 0.4) is 0 Å². The number of para-hydroxylation sites is 1. The molecule has 0 bridgehead atoms. The van der Waals surface area contributed by atoms with Gasteiger partial charge in [-0.05, 0) is 31.4 Å². The molecule has 2 aromatic heterocycles. The molecule has 1 fully saturated rings. The summed E-state index contributed by atoms with van der Waals surface area (Å²) in [5.74, 6) is 1.44. The van der Waals surface area contributed by atoms with E-state index in [1.165, 1.54) is 19.3 Å². The van der Waals surface area contributed by atoms with E-state index < -0.39 is 0 Å². The summed E-state index contributed by atoms with van der Waals surface area (Å²) in [5, 5.41) is 3.35.